The number of nitrogens with one attached hydrogen (secondary N) is 1. The second-order valence-electron chi connectivity index (χ2n) is 6.20. The standard InChI is InChI=1S/C18H21N3O3S/c1-12(22)13-7-9-15(10-8-13)24-11-16(23)19-18-21-20-17(25-18)14-5-3-2-4-6-14/h7-10,14H,2-6,11H2,1H3,(H,19,21,23). The van der Waals surface area contributed by atoms with E-state index < -0.39 is 0 Å². The van der Waals surface area contributed by atoms with Gasteiger partial charge in [0.1, 0.15) is 10.8 Å². The molecular weight excluding hydrogens is 338 g/mol. The number of hydrogen-bond donors (Lipinski definition) is 1. The minimum Gasteiger partial charge on any atom is -0.484 e. The highest BCUT2D eigenvalue weighted by atomic mass is 32.1. The molecule has 1 heterocycles. The van der Waals surface area contributed by atoms with Crippen LogP contribution in [0.25, 0.3) is 0 Å². The predicted molar refractivity (Wildman–Crippen MR) is 96.3 cm³/mol. The van der Waals surface area contributed by atoms with Gasteiger partial charge < -0.3 is 4.74 Å². The first-order valence-electron chi connectivity index (χ1n) is 8.49. The summed E-state index contributed by atoms with van der Waals surface area (Å²) in [4.78, 5) is 23.2. The number of rotatable bonds is 6. The molecule has 0 radical (unpaired) electrons. The third kappa shape index (κ3) is 4.85. The van der Waals surface area contributed by atoms with Gasteiger partial charge in [0.05, 0.1) is 0 Å². The van der Waals surface area contributed by atoms with E-state index in [0.717, 1.165) is 17.8 Å². The number of amides is 1. The van der Waals surface area contributed by atoms with Crippen molar-refractivity contribution in [2.45, 2.75) is 44.9 Å². The molecule has 1 N–H and O–H groups in total. The summed E-state index contributed by atoms with van der Waals surface area (Å²) in [6.07, 6.45) is 6.08. The summed E-state index contributed by atoms with van der Waals surface area (Å²) in [5.41, 5.74) is 0.612. The Kier molecular flexibility index (Phi) is 5.75. The zero-order chi connectivity index (χ0) is 17.6. The van der Waals surface area contributed by atoms with Crippen molar-refractivity contribution in [3.8, 4) is 5.75 Å². The third-order valence-electron chi connectivity index (χ3n) is 4.27. The molecule has 0 aliphatic heterocycles. The Morgan fingerprint density at radius 1 is 1.16 bits per heavy atom. The van der Waals surface area contributed by atoms with Crippen LogP contribution in [0.1, 0.15) is 60.3 Å². The molecule has 0 atom stereocenters. The molecule has 0 saturated heterocycles. The van der Waals surface area contributed by atoms with Gasteiger partial charge in [-0.25, -0.2) is 0 Å². The van der Waals surface area contributed by atoms with Gasteiger partial charge >= 0.3 is 0 Å². The molecular formula is C18H21N3O3S. The number of aromatic nitrogens is 2. The molecule has 0 unspecified atom stereocenters. The topological polar surface area (TPSA) is 81.2 Å². The van der Waals surface area contributed by atoms with Crippen molar-refractivity contribution in [3.05, 3.63) is 34.8 Å². The number of benzene rings is 1. The van der Waals surface area contributed by atoms with E-state index in [9.17, 15) is 9.59 Å². The highest BCUT2D eigenvalue weighted by Crippen LogP contribution is 2.35. The first-order chi connectivity index (χ1) is 12.1. The summed E-state index contributed by atoms with van der Waals surface area (Å²) in [5, 5.41) is 12.5. The molecule has 1 aliphatic carbocycles. The average molecular weight is 359 g/mol. The lowest BCUT2D eigenvalue weighted by atomic mass is 9.90. The number of hydrogen-bond acceptors (Lipinski definition) is 6. The molecule has 25 heavy (non-hydrogen) atoms. The highest BCUT2D eigenvalue weighted by molar-refractivity contribution is 7.15. The Morgan fingerprint density at radius 3 is 2.56 bits per heavy atom. The van der Waals surface area contributed by atoms with E-state index >= 15 is 0 Å². The number of carbonyl (C=O) groups is 2. The number of carbonyl (C=O) groups excluding carboxylic acids is 2. The van der Waals surface area contributed by atoms with Crippen LogP contribution in [-0.4, -0.2) is 28.5 Å². The molecule has 0 bridgehead atoms. The van der Waals surface area contributed by atoms with Crippen LogP contribution in [0, 0.1) is 0 Å². The minimum absolute atomic E-state index is 0.00525. The van der Waals surface area contributed by atoms with Gasteiger partial charge in [-0.15, -0.1) is 10.2 Å². The lowest BCUT2D eigenvalue weighted by Crippen LogP contribution is -2.20. The molecule has 132 valence electrons. The van der Waals surface area contributed by atoms with Gasteiger partial charge in [-0.2, -0.15) is 0 Å². The highest BCUT2D eigenvalue weighted by Gasteiger charge is 2.20. The van der Waals surface area contributed by atoms with E-state index in [0.29, 0.717) is 22.4 Å². The SMILES string of the molecule is CC(=O)c1ccc(OCC(=O)Nc2nnc(C3CCCCC3)s2)cc1. The second-order valence-corrected chi connectivity index (χ2v) is 7.21. The van der Waals surface area contributed by atoms with Crippen LogP contribution in [0.4, 0.5) is 5.13 Å². The van der Waals surface area contributed by atoms with Crippen molar-refractivity contribution in [3.63, 3.8) is 0 Å². The number of ether oxygens (including phenoxy) is 1. The number of nitrogens with zero attached hydrogens (tertiary/aromatic N) is 2. The van der Waals surface area contributed by atoms with E-state index in [1.807, 2.05) is 0 Å². The van der Waals surface area contributed by atoms with E-state index in [1.165, 1.54) is 37.5 Å². The average Bonchev–Trinajstić information content (AvgIpc) is 3.09. The summed E-state index contributed by atoms with van der Waals surface area (Å²) in [5.74, 6) is 0.740. The van der Waals surface area contributed by atoms with Gasteiger partial charge in [0.2, 0.25) is 5.13 Å². The van der Waals surface area contributed by atoms with Gasteiger partial charge in [-0.3, -0.25) is 14.9 Å². The fourth-order valence-corrected chi connectivity index (χ4v) is 3.82. The maximum absolute atomic E-state index is 12.0. The second kappa shape index (κ2) is 8.20. The van der Waals surface area contributed by atoms with Crippen LogP contribution in [0.3, 0.4) is 0 Å². The first kappa shape index (κ1) is 17.5. The van der Waals surface area contributed by atoms with Crippen molar-refractivity contribution in [1.82, 2.24) is 10.2 Å². The van der Waals surface area contributed by atoms with Crippen LogP contribution in [-0.2, 0) is 4.79 Å². The molecule has 7 heteroatoms. The molecule has 1 fully saturated rings. The van der Waals surface area contributed by atoms with Gasteiger partial charge in [0.15, 0.2) is 12.4 Å². The Balaban J connectivity index is 1.49. The zero-order valence-corrected chi connectivity index (χ0v) is 15.0. The Labute approximate surface area is 150 Å². The quantitative estimate of drug-likeness (QED) is 0.793. The minimum atomic E-state index is -0.276. The van der Waals surface area contributed by atoms with Crippen LogP contribution >= 0.6 is 11.3 Å². The van der Waals surface area contributed by atoms with Gasteiger partial charge in [-0.1, -0.05) is 30.6 Å². The van der Waals surface area contributed by atoms with E-state index in [1.54, 1.807) is 24.3 Å². The molecule has 1 aliphatic rings. The first-order valence-corrected chi connectivity index (χ1v) is 9.30. The summed E-state index contributed by atoms with van der Waals surface area (Å²) in [7, 11) is 0. The van der Waals surface area contributed by atoms with Crippen molar-refractivity contribution in [2.24, 2.45) is 0 Å². The van der Waals surface area contributed by atoms with Gasteiger partial charge in [-0.05, 0) is 44.0 Å². The van der Waals surface area contributed by atoms with Gasteiger partial charge in [0.25, 0.3) is 5.91 Å². The third-order valence-corrected chi connectivity index (χ3v) is 5.27. The Morgan fingerprint density at radius 2 is 1.88 bits per heavy atom. The molecule has 3 rings (SSSR count). The van der Waals surface area contributed by atoms with Crippen molar-refractivity contribution < 1.29 is 14.3 Å². The summed E-state index contributed by atoms with van der Waals surface area (Å²) >= 11 is 1.45. The van der Waals surface area contributed by atoms with Gasteiger partial charge in [0, 0.05) is 11.5 Å². The smallest absolute Gasteiger partial charge is 0.264 e. The zero-order valence-electron chi connectivity index (χ0n) is 14.2. The molecule has 1 aromatic carbocycles. The van der Waals surface area contributed by atoms with Crippen LogP contribution in [0.2, 0.25) is 0 Å². The molecule has 2 aromatic rings. The lowest BCUT2D eigenvalue weighted by Gasteiger charge is -2.18. The van der Waals surface area contributed by atoms with Crippen molar-refractivity contribution in [2.75, 3.05) is 11.9 Å². The Hall–Kier alpha value is -2.28. The predicted octanol–water partition coefficient (Wildman–Crippen LogP) is 3.81. The largest absolute Gasteiger partial charge is 0.484 e. The van der Waals surface area contributed by atoms with Crippen LogP contribution in [0.15, 0.2) is 24.3 Å². The van der Waals surface area contributed by atoms with Crippen molar-refractivity contribution in [1.29, 1.82) is 0 Å². The summed E-state index contributed by atoms with van der Waals surface area (Å²) in [6, 6.07) is 6.71. The molecule has 6 nitrogen and oxygen atoms in total. The van der Waals surface area contributed by atoms with Crippen LogP contribution < -0.4 is 10.1 Å². The molecule has 1 aromatic heterocycles. The van der Waals surface area contributed by atoms with Crippen molar-refractivity contribution >= 4 is 28.2 Å². The van der Waals surface area contributed by atoms with Crippen LogP contribution in [0.5, 0.6) is 5.75 Å². The fourth-order valence-electron chi connectivity index (χ4n) is 2.89. The normalized spacial score (nSPS) is 14.9. The number of Topliss-reactive ketones (excluding diaryl/α,β-unsaturated/α-hetero) is 1. The van der Waals surface area contributed by atoms with E-state index in [-0.39, 0.29) is 18.3 Å². The number of anilines is 1. The maximum Gasteiger partial charge on any atom is 0.264 e. The number of ketones is 1. The summed E-state index contributed by atoms with van der Waals surface area (Å²) < 4.78 is 5.43. The maximum atomic E-state index is 12.0. The summed E-state index contributed by atoms with van der Waals surface area (Å²) in [6.45, 7) is 1.39. The molecule has 1 amide bonds. The lowest BCUT2D eigenvalue weighted by molar-refractivity contribution is -0.118. The fraction of sp³-hybridized carbons (Fsp3) is 0.444. The van der Waals surface area contributed by atoms with E-state index in [4.69, 9.17) is 4.74 Å². The Bertz CT molecular complexity index is 736. The monoisotopic (exact) mass is 359 g/mol. The molecule has 1 saturated carbocycles. The van der Waals surface area contributed by atoms with E-state index in [2.05, 4.69) is 15.5 Å². The molecule has 0 spiro atoms.